The van der Waals surface area contributed by atoms with Crippen molar-refractivity contribution in [1.82, 2.24) is 10.3 Å². The fourth-order valence-electron chi connectivity index (χ4n) is 2.27. The van der Waals surface area contributed by atoms with Gasteiger partial charge < -0.3 is 0 Å². The molecule has 1 fully saturated rings. The van der Waals surface area contributed by atoms with Crippen LogP contribution < -0.4 is 11.3 Å². The highest BCUT2D eigenvalue weighted by Crippen LogP contribution is 2.30. The van der Waals surface area contributed by atoms with Gasteiger partial charge in [0, 0.05) is 6.54 Å². The van der Waals surface area contributed by atoms with Gasteiger partial charge in [-0.05, 0) is 24.8 Å². The van der Waals surface area contributed by atoms with Gasteiger partial charge in [0.25, 0.3) is 5.91 Å². The van der Waals surface area contributed by atoms with Crippen LogP contribution >= 0.6 is 0 Å². The first kappa shape index (κ1) is 12.5. The van der Waals surface area contributed by atoms with Crippen molar-refractivity contribution in [2.75, 3.05) is 13.1 Å². The summed E-state index contributed by atoms with van der Waals surface area (Å²) in [5.41, 5.74) is 2.61. The third-order valence-corrected chi connectivity index (χ3v) is 3.15. The lowest BCUT2D eigenvalue weighted by Crippen LogP contribution is -2.48. The van der Waals surface area contributed by atoms with E-state index >= 15 is 0 Å². The van der Waals surface area contributed by atoms with E-state index < -0.39 is 0 Å². The Morgan fingerprint density at radius 1 is 1.60 bits per heavy atom. The second-order valence-electron chi connectivity index (χ2n) is 5.20. The van der Waals surface area contributed by atoms with Gasteiger partial charge in [0.1, 0.15) is 0 Å². The maximum atomic E-state index is 11.6. The van der Waals surface area contributed by atoms with Crippen molar-refractivity contribution in [3.63, 3.8) is 0 Å². The minimum Gasteiger partial charge on any atom is -0.293 e. The molecular weight excluding hydrogens is 190 g/mol. The number of likely N-dealkylation sites (tertiary alicyclic amines) is 1. The number of hydrogen-bond acceptors (Lipinski definition) is 3. The predicted molar refractivity (Wildman–Crippen MR) is 61.0 cm³/mol. The van der Waals surface area contributed by atoms with Crippen molar-refractivity contribution in [3.05, 3.63) is 0 Å². The molecule has 0 aromatic heterocycles. The largest absolute Gasteiger partial charge is 0.293 e. The summed E-state index contributed by atoms with van der Waals surface area (Å²) < 4.78 is 0. The number of carbonyl (C=O) groups is 1. The van der Waals surface area contributed by atoms with Gasteiger partial charge in [0.2, 0.25) is 0 Å². The van der Waals surface area contributed by atoms with Crippen molar-refractivity contribution in [1.29, 1.82) is 0 Å². The Bertz CT molecular complexity index is 228. The minimum atomic E-state index is -0.0467. The van der Waals surface area contributed by atoms with Crippen LogP contribution in [0.4, 0.5) is 0 Å². The highest BCUT2D eigenvalue weighted by Gasteiger charge is 2.35. The molecule has 1 rings (SSSR count). The summed E-state index contributed by atoms with van der Waals surface area (Å²) in [6, 6.07) is -0.0400. The standard InChI is InChI=1S/C11H23N3O/c1-4-5-9(10(15)13-12)14-7-6-11(2,3)8-14/h9H,4-8,12H2,1-3H3,(H,13,15). The normalized spacial score (nSPS) is 22.7. The Kier molecular flexibility index (Phi) is 4.11. The molecule has 4 heteroatoms. The average Bonchev–Trinajstić information content (AvgIpc) is 2.54. The zero-order valence-corrected chi connectivity index (χ0v) is 10.0. The van der Waals surface area contributed by atoms with Crippen LogP contribution in [-0.2, 0) is 4.79 Å². The minimum absolute atomic E-state index is 0.0400. The molecule has 0 radical (unpaired) electrons. The number of nitrogens with zero attached hydrogens (tertiary/aromatic N) is 1. The monoisotopic (exact) mass is 213 g/mol. The van der Waals surface area contributed by atoms with Gasteiger partial charge in [-0.1, -0.05) is 27.2 Å². The number of nitrogens with two attached hydrogens (primary N) is 1. The summed E-state index contributed by atoms with van der Waals surface area (Å²) in [6.07, 6.45) is 3.05. The summed E-state index contributed by atoms with van der Waals surface area (Å²) in [6.45, 7) is 8.58. The fraction of sp³-hybridized carbons (Fsp3) is 0.909. The average molecular weight is 213 g/mol. The number of rotatable bonds is 4. The molecule has 1 aliphatic heterocycles. The summed E-state index contributed by atoms with van der Waals surface area (Å²) in [5, 5.41) is 0. The molecule has 0 spiro atoms. The van der Waals surface area contributed by atoms with Crippen LogP contribution in [-0.4, -0.2) is 29.9 Å². The summed E-state index contributed by atoms with van der Waals surface area (Å²) in [7, 11) is 0. The maximum absolute atomic E-state index is 11.6. The Morgan fingerprint density at radius 3 is 2.67 bits per heavy atom. The third-order valence-electron chi connectivity index (χ3n) is 3.15. The number of hydrazine groups is 1. The molecule has 1 heterocycles. The van der Waals surface area contributed by atoms with Gasteiger partial charge in [-0.3, -0.25) is 15.1 Å². The predicted octanol–water partition coefficient (Wildman–Crippen LogP) is 0.877. The van der Waals surface area contributed by atoms with Gasteiger partial charge in [-0.2, -0.15) is 0 Å². The van der Waals surface area contributed by atoms with Gasteiger partial charge in [-0.25, -0.2) is 5.84 Å². The number of carbonyl (C=O) groups excluding carboxylic acids is 1. The maximum Gasteiger partial charge on any atom is 0.251 e. The molecule has 1 saturated heterocycles. The van der Waals surface area contributed by atoms with Gasteiger partial charge in [0.15, 0.2) is 0 Å². The van der Waals surface area contributed by atoms with Crippen molar-refractivity contribution in [2.24, 2.45) is 11.3 Å². The Hall–Kier alpha value is -0.610. The lowest BCUT2D eigenvalue weighted by Gasteiger charge is -2.27. The first-order valence-electron chi connectivity index (χ1n) is 5.74. The van der Waals surface area contributed by atoms with Gasteiger partial charge in [-0.15, -0.1) is 0 Å². The Labute approximate surface area is 92.2 Å². The van der Waals surface area contributed by atoms with E-state index in [1.165, 1.54) is 0 Å². The molecule has 0 aromatic carbocycles. The van der Waals surface area contributed by atoms with Gasteiger partial charge >= 0.3 is 0 Å². The summed E-state index contributed by atoms with van der Waals surface area (Å²) in [4.78, 5) is 13.9. The second kappa shape index (κ2) is 4.94. The summed E-state index contributed by atoms with van der Waals surface area (Å²) >= 11 is 0. The zero-order valence-electron chi connectivity index (χ0n) is 10.0. The second-order valence-corrected chi connectivity index (χ2v) is 5.20. The molecule has 1 atom stereocenters. The van der Waals surface area contributed by atoms with Crippen LogP contribution in [0.1, 0.15) is 40.0 Å². The Morgan fingerprint density at radius 2 is 2.27 bits per heavy atom. The first-order chi connectivity index (χ1) is 7.00. The van der Waals surface area contributed by atoms with Crippen LogP contribution in [0.3, 0.4) is 0 Å². The number of amides is 1. The molecule has 3 N–H and O–H groups in total. The quantitative estimate of drug-likeness (QED) is 0.414. The van der Waals surface area contributed by atoms with Crippen molar-refractivity contribution < 1.29 is 4.79 Å². The summed E-state index contributed by atoms with van der Waals surface area (Å²) in [5.74, 6) is 5.17. The van der Waals surface area contributed by atoms with Crippen LogP contribution in [0.15, 0.2) is 0 Å². The lowest BCUT2D eigenvalue weighted by atomic mass is 9.93. The van der Waals surface area contributed by atoms with E-state index in [4.69, 9.17) is 5.84 Å². The van der Waals surface area contributed by atoms with Crippen LogP contribution in [0.5, 0.6) is 0 Å². The van der Waals surface area contributed by atoms with Crippen molar-refractivity contribution >= 4 is 5.91 Å². The molecule has 0 aromatic rings. The molecule has 4 nitrogen and oxygen atoms in total. The molecular formula is C11H23N3O. The van der Waals surface area contributed by atoms with E-state index in [9.17, 15) is 4.79 Å². The van der Waals surface area contributed by atoms with E-state index in [1.54, 1.807) is 0 Å². The van der Waals surface area contributed by atoms with Crippen molar-refractivity contribution in [2.45, 2.75) is 46.1 Å². The molecule has 1 aliphatic rings. The van der Waals surface area contributed by atoms with Crippen LogP contribution in [0.2, 0.25) is 0 Å². The van der Waals surface area contributed by atoms with Crippen LogP contribution in [0, 0.1) is 5.41 Å². The van der Waals surface area contributed by atoms with Crippen molar-refractivity contribution in [3.8, 4) is 0 Å². The van der Waals surface area contributed by atoms with E-state index in [1.807, 2.05) is 0 Å². The topological polar surface area (TPSA) is 58.4 Å². The number of hydrogen-bond donors (Lipinski definition) is 2. The smallest absolute Gasteiger partial charge is 0.251 e. The molecule has 15 heavy (non-hydrogen) atoms. The van der Waals surface area contributed by atoms with E-state index in [0.717, 1.165) is 32.4 Å². The molecule has 1 amide bonds. The highest BCUT2D eigenvalue weighted by molar-refractivity contribution is 5.81. The van der Waals surface area contributed by atoms with Crippen LogP contribution in [0.25, 0.3) is 0 Å². The lowest BCUT2D eigenvalue weighted by molar-refractivity contribution is -0.126. The molecule has 1 unspecified atom stereocenters. The van der Waals surface area contributed by atoms with Gasteiger partial charge in [0.05, 0.1) is 6.04 Å². The third kappa shape index (κ3) is 3.18. The highest BCUT2D eigenvalue weighted by atomic mass is 16.2. The molecule has 0 saturated carbocycles. The van der Waals surface area contributed by atoms with E-state index in [0.29, 0.717) is 5.41 Å². The Balaban J connectivity index is 2.61. The number of nitrogens with one attached hydrogen (secondary N) is 1. The SMILES string of the molecule is CCCC(C(=O)NN)N1CCC(C)(C)C1. The molecule has 88 valence electrons. The fourth-order valence-corrected chi connectivity index (χ4v) is 2.27. The molecule has 0 bridgehead atoms. The van der Waals surface area contributed by atoms with E-state index in [-0.39, 0.29) is 11.9 Å². The zero-order chi connectivity index (χ0) is 11.5. The molecule has 0 aliphatic carbocycles. The first-order valence-corrected chi connectivity index (χ1v) is 5.74. The van der Waals surface area contributed by atoms with E-state index in [2.05, 4.69) is 31.1 Å².